The second-order valence-electron chi connectivity index (χ2n) is 4.16. The Morgan fingerprint density at radius 1 is 1.39 bits per heavy atom. The van der Waals surface area contributed by atoms with E-state index in [0.717, 1.165) is 4.47 Å². The second kappa shape index (κ2) is 5.36. The predicted octanol–water partition coefficient (Wildman–Crippen LogP) is 2.20. The van der Waals surface area contributed by atoms with E-state index >= 15 is 0 Å². The number of rotatable bonds is 3. The summed E-state index contributed by atoms with van der Waals surface area (Å²) in [6.45, 7) is 0. The lowest BCUT2D eigenvalue weighted by Crippen LogP contribution is -2.46. The largest absolute Gasteiger partial charge is 0.481 e. The number of carboxylic acid groups (broad SMARTS) is 1. The Morgan fingerprint density at radius 3 is 2.61 bits per heavy atom. The van der Waals surface area contributed by atoms with Crippen molar-refractivity contribution in [3.63, 3.8) is 0 Å². The minimum absolute atomic E-state index is 0.0732. The quantitative estimate of drug-likeness (QED) is 0.846. The summed E-state index contributed by atoms with van der Waals surface area (Å²) in [7, 11) is 0. The number of nitrogens with one attached hydrogen (secondary N) is 1. The molecule has 1 aromatic heterocycles. The first-order valence-electron chi connectivity index (χ1n) is 5.32. The third-order valence-electron chi connectivity index (χ3n) is 2.85. The molecule has 5 nitrogen and oxygen atoms in total. The molecule has 1 heterocycles. The van der Waals surface area contributed by atoms with Crippen LogP contribution >= 0.6 is 31.9 Å². The number of hydrogen-bond donors (Lipinski definition) is 2. The summed E-state index contributed by atoms with van der Waals surface area (Å²) in [5, 5.41) is 11.5. The summed E-state index contributed by atoms with van der Waals surface area (Å²) >= 11 is 6.52. The minimum atomic E-state index is -0.802. The maximum atomic E-state index is 11.9. The van der Waals surface area contributed by atoms with E-state index in [0.29, 0.717) is 23.0 Å². The van der Waals surface area contributed by atoms with Gasteiger partial charge < -0.3 is 10.4 Å². The molecule has 1 aliphatic carbocycles. The van der Waals surface area contributed by atoms with E-state index < -0.39 is 5.97 Å². The Balaban J connectivity index is 1.95. The molecule has 96 valence electrons. The van der Waals surface area contributed by atoms with Gasteiger partial charge in [0.15, 0.2) is 0 Å². The van der Waals surface area contributed by atoms with Gasteiger partial charge in [0.1, 0.15) is 5.69 Å². The van der Waals surface area contributed by atoms with Gasteiger partial charge in [-0.2, -0.15) is 0 Å². The molecule has 2 N–H and O–H groups in total. The Labute approximate surface area is 120 Å². The lowest BCUT2D eigenvalue weighted by Gasteiger charge is -2.32. The lowest BCUT2D eigenvalue weighted by atomic mass is 9.80. The molecule has 0 radical (unpaired) electrons. The molecule has 1 aliphatic rings. The van der Waals surface area contributed by atoms with Gasteiger partial charge in [0.05, 0.1) is 10.4 Å². The zero-order valence-corrected chi connectivity index (χ0v) is 12.4. The maximum Gasteiger partial charge on any atom is 0.306 e. The highest BCUT2D eigenvalue weighted by atomic mass is 79.9. The second-order valence-corrected chi connectivity index (χ2v) is 5.93. The van der Waals surface area contributed by atoms with Crippen LogP contribution in [0.4, 0.5) is 0 Å². The molecule has 0 atom stereocenters. The number of carboxylic acids is 1. The molecular weight excluding hydrogens is 368 g/mol. The number of aromatic nitrogens is 1. The van der Waals surface area contributed by atoms with Crippen LogP contribution in [-0.2, 0) is 4.79 Å². The van der Waals surface area contributed by atoms with Crippen molar-refractivity contribution in [3.8, 4) is 0 Å². The van der Waals surface area contributed by atoms with Gasteiger partial charge in [0, 0.05) is 16.7 Å². The van der Waals surface area contributed by atoms with Gasteiger partial charge in [-0.15, -0.1) is 0 Å². The zero-order chi connectivity index (χ0) is 13.3. The molecule has 0 unspecified atom stereocenters. The molecule has 0 aromatic carbocycles. The fourth-order valence-electron chi connectivity index (χ4n) is 1.77. The fourth-order valence-corrected chi connectivity index (χ4v) is 2.94. The van der Waals surface area contributed by atoms with Crippen LogP contribution in [0, 0.1) is 5.92 Å². The first-order valence-corrected chi connectivity index (χ1v) is 6.90. The summed E-state index contributed by atoms with van der Waals surface area (Å²) in [4.78, 5) is 26.5. The van der Waals surface area contributed by atoms with Crippen molar-refractivity contribution in [3.05, 3.63) is 26.9 Å². The molecular formula is C11H10Br2N2O3. The Bertz CT molecular complexity index is 501. The third-order valence-corrected chi connectivity index (χ3v) is 3.88. The number of hydrogen-bond acceptors (Lipinski definition) is 3. The topological polar surface area (TPSA) is 79.3 Å². The molecule has 7 heteroatoms. The number of amides is 1. The normalized spacial score (nSPS) is 22.1. The van der Waals surface area contributed by atoms with Crippen LogP contribution in [0.2, 0.25) is 0 Å². The number of carbonyl (C=O) groups excluding carboxylic acids is 1. The summed E-state index contributed by atoms with van der Waals surface area (Å²) in [5.74, 6) is -1.43. The van der Waals surface area contributed by atoms with Gasteiger partial charge in [0.2, 0.25) is 0 Å². The molecule has 2 rings (SSSR count). The first-order chi connectivity index (χ1) is 8.47. The number of pyridine rings is 1. The summed E-state index contributed by atoms with van der Waals surface area (Å²) in [6.07, 6.45) is 2.50. The van der Waals surface area contributed by atoms with Gasteiger partial charge in [-0.05, 0) is 50.8 Å². The van der Waals surface area contributed by atoms with Crippen LogP contribution in [0.15, 0.2) is 21.2 Å². The highest BCUT2D eigenvalue weighted by molar-refractivity contribution is 9.11. The van der Waals surface area contributed by atoms with Crippen molar-refractivity contribution in [1.82, 2.24) is 10.3 Å². The monoisotopic (exact) mass is 376 g/mol. The third kappa shape index (κ3) is 2.89. The first kappa shape index (κ1) is 13.5. The number of nitrogens with zero attached hydrogens (tertiary/aromatic N) is 1. The van der Waals surface area contributed by atoms with Crippen molar-refractivity contribution in [2.75, 3.05) is 0 Å². The Kier molecular flexibility index (Phi) is 4.01. The SMILES string of the molecule is O=C(NC1CC(C(=O)O)C1)c1ncc(Br)cc1Br. The van der Waals surface area contributed by atoms with E-state index in [2.05, 4.69) is 42.2 Å². The molecule has 0 spiro atoms. The average molecular weight is 378 g/mol. The predicted molar refractivity (Wildman–Crippen MR) is 71.3 cm³/mol. The summed E-state index contributed by atoms with van der Waals surface area (Å²) in [6, 6.07) is 1.67. The number of carbonyl (C=O) groups is 2. The molecule has 0 saturated heterocycles. The highest BCUT2D eigenvalue weighted by Crippen LogP contribution is 2.28. The molecule has 0 aliphatic heterocycles. The van der Waals surface area contributed by atoms with Gasteiger partial charge in [-0.1, -0.05) is 0 Å². The number of aliphatic carboxylic acids is 1. The van der Waals surface area contributed by atoms with Crippen LogP contribution in [0.1, 0.15) is 23.3 Å². The van der Waals surface area contributed by atoms with Gasteiger partial charge in [-0.25, -0.2) is 4.98 Å². The minimum Gasteiger partial charge on any atom is -0.481 e. The van der Waals surface area contributed by atoms with Gasteiger partial charge in [0.25, 0.3) is 5.91 Å². The Morgan fingerprint density at radius 2 is 2.06 bits per heavy atom. The molecule has 1 amide bonds. The maximum absolute atomic E-state index is 11.9. The van der Waals surface area contributed by atoms with Crippen molar-refractivity contribution in [1.29, 1.82) is 0 Å². The van der Waals surface area contributed by atoms with Crippen molar-refractivity contribution < 1.29 is 14.7 Å². The Hall–Kier alpha value is -0.950. The zero-order valence-electron chi connectivity index (χ0n) is 9.19. The highest BCUT2D eigenvalue weighted by Gasteiger charge is 2.35. The van der Waals surface area contributed by atoms with E-state index in [9.17, 15) is 9.59 Å². The lowest BCUT2D eigenvalue weighted by molar-refractivity contribution is -0.145. The van der Waals surface area contributed by atoms with Crippen molar-refractivity contribution in [2.24, 2.45) is 5.92 Å². The molecule has 1 saturated carbocycles. The van der Waals surface area contributed by atoms with Crippen LogP contribution in [0.5, 0.6) is 0 Å². The van der Waals surface area contributed by atoms with Gasteiger partial charge >= 0.3 is 5.97 Å². The van der Waals surface area contributed by atoms with E-state index in [-0.39, 0.29) is 17.9 Å². The van der Waals surface area contributed by atoms with Crippen LogP contribution in [0.3, 0.4) is 0 Å². The van der Waals surface area contributed by atoms with E-state index in [1.165, 1.54) is 0 Å². The molecule has 0 bridgehead atoms. The average Bonchev–Trinajstić information content (AvgIpc) is 2.21. The van der Waals surface area contributed by atoms with E-state index in [1.54, 1.807) is 12.3 Å². The van der Waals surface area contributed by atoms with Crippen molar-refractivity contribution >= 4 is 43.7 Å². The smallest absolute Gasteiger partial charge is 0.306 e. The van der Waals surface area contributed by atoms with Crippen LogP contribution < -0.4 is 5.32 Å². The summed E-state index contributed by atoms with van der Waals surface area (Å²) < 4.78 is 1.38. The number of halogens is 2. The van der Waals surface area contributed by atoms with Crippen LogP contribution in [0.25, 0.3) is 0 Å². The van der Waals surface area contributed by atoms with E-state index in [4.69, 9.17) is 5.11 Å². The molecule has 1 aromatic rings. The standard InChI is InChI=1S/C11H10Br2N2O3/c12-6-3-8(13)9(14-4-6)10(16)15-7-1-5(2-7)11(17)18/h3-5,7H,1-2H2,(H,15,16)(H,17,18). The summed E-state index contributed by atoms with van der Waals surface area (Å²) in [5.41, 5.74) is 0.303. The van der Waals surface area contributed by atoms with Crippen molar-refractivity contribution in [2.45, 2.75) is 18.9 Å². The van der Waals surface area contributed by atoms with Crippen LogP contribution in [-0.4, -0.2) is 28.0 Å². The van der Waals surface area contributed by atoms with E-state index in [1.807, 2.05) is 0 Å². The molecule has 18 heavy (non-hydrogen) atoms. The molecule has 1 fully saturated rings. The fraction of sp³-hybridized carbons (Fsp3) is 0.364. The van der Waals surface area contributed by atoms with Gasteiger partial charge in [-0.3, -0.25) is 9.59 Å².